The van der Waals surface area contributed by atoms with Crippen LogP contribution in [0.3, 0.4) is 0 Å². The monoisotopic (exact) mass is 423 g/mol. The van der Waals surface area contributed by atoms with E-state index in [-0.39, 0.29) is 36.7 Å². The van der Waals surface area contributed by atoms with Crippen molar-refractivity contribution in [2.45, 2.75) is 84.3 Å². The number of nitrogens with zero attached hydrogens (tertiary/aromatic N) is 1. The van der Waals surface area contributed by atoms with Crippen molar-refractivity contribution < 1.29 is 19.1 Å². The second kappa shape index (κ2) is 11.6. The highest BCUT2D eigenvalue weighted by molar-refractivity contribution is 5.93. The van der Waals surface area contributed by atoms with Crippen LogP contribution in [0.1, 0.15) is 67.2 Å². The summed E-state index contributed by atoms with van der Waals surface area (Å²) < 4.78 is 5.27. The van der Waals surface area contributed by atoms with Crippen molar-refractivity contribution >= 4 is 17.7 Å². The number of nitrogens with one attached hydrogen (secondary N) is 2. The Balaban J connectivity index is 3.12. The summed E-state index contributed by atoms with van der Waals surface area (Å²) in [6.07, 6.45) is 6.05. The van der Waals surface area contributed by atoms with Gasteiger partial charge in [-0.1, -0.05) is 26.0 Å². The summed E-state index contributed by atoms with van der Waals surface area (Å²) in [5.74, 6) is -0.0210. The number of cyclic esters (lactones) is 1. The van der Waals surface area contributed by atoms with Gasteiger partial charge in [-0.3, -0.25) is 14.9 Å². The van der Waals surface area contributed by atoms with Gasteiger partial charge in [0, 0.05) is 25.6 Å². The van der Waals surface area contributed by atoms with Crippen molar-refractivity contribution in [2.75, 3.05) is 26.7 Å². The maximum absolute atomic E-state index is 13.3. The zero-order valence-corrected chi connectivity index (χ0v) is 19.8. The lowest BCUT2D eigenvalue weighted by atomic mass is 9.83. The Morgan fingerprint density at radius 2 is 1.83 bits per heavy atom. The lowest BCUT2D eigenvalue weighted by molar-refractivity contribution is -0.129. The zero-order chi connectivity index (χ0) is 22.9. The Morgan fingerprint density at radius 1 is 1.17 bits per heavy atom. The fraction of sp³-hybridized carbons (Fsp3) is 0.783. The van der Waals surface area contributed by atoms with E-state index in [1.165, 1.54) is 4.90 Å². The number of allylic oxidation sites excluding steroid dienone is 1. The van der Waals surface area contributed by atoms with Gasteiger partial charge in [-0.25, -0.2) is 4.79 Å². The summed E-state index contributed by atoms with van der Waals surface area (Å²) in [6, 6.07) is 0.0932. The van der Waals surface area contributed by atoms with Gasteiger partial charge in [-0.2, -0.15) is 0 Å². The molecule has 0 aromatic rings. The highest BCUT2D eigenvalue weighted by Crippen LogP contribution is 2.21. The second-order valence-electron chi connectivity index (χ2n) is 9.37. The Hall–Kier alpha value is -1.73. The van der Waals surface area contributed by atoms with Gasteiger partial charge in [0.05, 0.1) is 17.6 Å². The first kappa shape index (κ1) is 26.3. The maximum Gasteiger partial charge on any atom is 0.409 e. The molecule has 0 aliphatic carbocycles. The van der Waals surface area contributed by atoms with Crippen LogP contribution >= 0.6 is 0 Å². The van der Waals surface area contributed by atoms with E-state index in [0.717, 1.165) is 12.8 Å². The van der Waals surface area contributed by atoms with Crippen LogP contribution in [0.25, 0.3) is 0 Å². The predicted molar refractivity (Wildman–Crippen MR) is 120 cm³/mol. The van der Waals surface area contributed by atoms with Crippen molar-refractivity contribution in [1.29, 1.82) is 0 Å². The van der Waals surface area contributed by atoms with Crippen LogP contribution < -0.4 is 10.6 Å². The third kappa shape index (κ3) is 7.84. The Bertz CT molecular complexity index is 632. The van der Waals surface area contributed by atoms with Crippen LogP contribution in [-0.2, 0) is 14.3 Å². The standard InChI is InChI=1S/C23H41N3O4/c1-17(2)20(28)23(6)12-10-8-9-11-15-30-21(29)26(7)14-13-22(5,25-18(3)4)19(27)16-24-23/h9,11,17-18,24-25H,8,10,12-16H2,1-7H3/t22-,23-/m0/s1. The summed E-state index contributed by atoms with van der Waals surface area (Å²) >= 11 is 0. The van der Waals surface area contributed by atoms with Gasteiger partial charge >= 0.3 is 6.09 Å². The molecule has 0 spiro atoms. The van der Waals surface area contributed by atoms with Gasteiger partial charge in [0.1, 0.15) is 6.61 Å². The van der Waals surface area contributed by atoms with Gasteiger partial charge in [0.2, 0.25) is 0 Å². The van der Waals surface area contributed by atoms with Crippen molar-refractivity contribution in [1.82, 2.24) is 15.5 Å². The van der Waals surface area contributed by atoms with Crippen molar-refractivity contribution in [2.24, 2.45) is 5.92 Å². The zero-order valence-electron chi connectivity index (χ0n) is 19.8. The SMILES string of the molecule is CC(C)N[C@@]1(C)CCN(C)C(=O)OCC=CCCC[C@@](C)(C(=O)C(C)C)NCC1=O. The molecule has 1 rings (SSSR count). The molecule has 7 heteroatoms. The van der Waals surface area contributed by atoms with E-state index in [4.69, 9.17) is 4.74 Å². The van der Waals surface area contributed by atoms with E-state index in [0.29, 0.717) is 19.4 Å². The minimum Gasteiger partial charge on any atom is -0.445 e. The molecule has 172 valence electrons. The van der Waals surface area contributed by atoms with Crippen LogP contribution in [0, 0.1) is 5.92 Å². The molecule has 0 fully saturated rings. The van der Waals surface area contributed by atoms with Crippen LogP contribution in [0.5, 0.6) is 0 Å². The number of rotatable bonds is 4. The number of hydrogen-bond donors (Lipinski definition) is 2. The van der Waals surface area contributed by atoms with E-state index in [1.54, 1.807) is 7.05 Å². The fourth-order valence-electron chi connectivity index (χ4n) is 3.81. The van der Waals surface area contributed by atoms with E-state index >= 15 is 0 Å². The number of hydrogen-bond acceptors (Lipinski definition) is 6. The average molecular weight is 424 g/mol. The van der Waals surface area contributed by atoms with E-state index < -0.39 is 17.2 Å². The molecular weight excluding hydrogens is 382 g/mol. The van der Waals surface area contributed by atoms with Crippen molar-refractivity contribution in [3.05, 3.63) is 12.2 Å². The minimum atomic E-state index is -0.825. The van der Waals surface area contributed by atoms with E-state index in [1.807, 2.05) is 53.7 Å². The van der Waals surface area contributed by atoms with Gasteiger partial charge in [0.25, 0.3) is 0 Å². The van der Waals surface area contributed by atoms with Gasteiger partial charge in [0.15, 0.2) is 11.6 Å². The Kier molecular flexibility index (Phi) is 10.2. The van der Waals surface area contributed by atoms with Crippen LogP contribution in [0.2, 0.25) is 0 Å². The molecule has 0 saturated heterocycles. The highest BCUT2D eigenvalue weighted by Gasteiger charge is 2.38. The maximum atomic E-state index is 13.3. The third-order valence-electron chi connectivity index (χ3n) is 5.71. The number of carbonyl (C=O) groups is 3. The molecule has 0 aromatic carbocycles. The number of carbonyl (C=O) groups excluding carboxylic acids is 3. The molecule has 0 radical (unpaired) electrons. The minimum absolute atomic E-state index is 0.0206. The molecule has 1 aliphatic rings. The Morgan fingerprint density at radius 3 is 2.43 bits per heavy atom. The third-order valence-corrected chi connectivity index (χ3v) is 5.71. The predicted octanol–water partition coefficient (Wildman–Crippen LogP) is 3.08. The summed E-state index contributed by atoms with van der Waals surface area (Å²) in [5.41, 5.74) is -1.58. The van der Waals surface area contributed by atoms with E-state index in [9.17, 15) is 14.4 Å². The number of amides is 1. The number of ketones is 2. The molecule has 7 nitrogen and oxygen atoms in total. The average Bonchev–Trinajstić information content (AvgIpc) is 2.67. The molecule has 1 amide bonds. The quantitative estimate of drug-likeness (QED) is 0.676. The van der Waals surface area contributed by atoms with Gasteiger partial charge in [-0.15, -0.1) is 0 Å². The first-order valence-electron chi connectivity index (χ1n) is 11.0. The number of ether oxygens (including phenoxy) is 1. The van der Waals surface area contributed by atoms with Crippen LogP contribution in [0.4, 0.5) is 4.79 Å². The molecular formula is C23H41N3O4. The molecule has 0 bridgehead atoms. The second-order valence-corrected chi connectivity index (χ2v) is 9.37. The number of Topliss-reactive ketones (excluding diaryl/α,β-unsaturated/α-hetero) is 2. The van der Waals surface area contributed by atoms with Crippen molar-refractivity contribution in [3.8, 4) is 0 Å². The molecule has 2 atom stereocenters. The fourth-order valence-corrected chi connectivity index (χ4v) is 3.81. The molecule has 1 heterocycles. The van der Waals surface area contributed by atoms with Crippen molar-refractivity contribution in [3.63, 3.8) is 0 Å². The lowest BCUT2D eigenvalue weighted by Gasteiger charge is -2.36. The first-order chi connectivity index (χ1) is 13.9. The highest BCUT2D eigenvalue weighted by atomic mass is 16.6. The topological polar surface area (TPSA) is 87.7 Å². The Labute approximate surface area is 182 Å². The molecule has 2 N–H and O–H groups in total. The summed E-state index contributed by atoms with van der Waals surface area (Å²) in [7, 11) is 1.67. The molecule has 1 aliphatic heterocycles. The van der Waals surface area contributed by atoms with Gasteiger partial charge in [-0.05, 0) is 53.4 Å². The first-order valence-corrected chi connectivity index (χ1v) is 11.0. The molecule has 30 heavy (non-hydrogen) atoms. The summed E-state index contributed by atoms with van der Waals surface area (Å²) in [4.78, 5) is 39.8. The van der Waals surface area contributed by atoms with E-state index in [2.05, 4.69) is 10.6 Å². The molecule has 0 unspecified atom stereocenters. The molecule has 0 saturated carbocycles. The summed E-state index contributed by atoms with van der Waals surface area (Å²) in [6.45, 7) is 12.2. The largest absolute Gasteiger partial charge is 0.445 e. The normalized spacial score (nSPS) is 28.1. The molecule has 0 aromatic heterocycles. The van der Waals surface area contributed by atoms with Crippen LogP contribution in [0.15, 0.2) is 12.2 Å². The lowest BCUT2D eigenvalue weighted by Crippen LogP contribution is -2.60. The smallest absolute Gasteiger partial charge is 0.409 e. The summed E-state index contributed by atoms with van der Waals surface area (Å²) in [5, 5.41) is 6.65. The van der Waals surface area contributed by atoms with Gasteiger partial charge < -0.3 is 15.0 Å². The van der Waals surface area contributed by atoms with Crippen LogP contribution in [-0.4, -0.2) is 66.4 Å².